The van der Waals surface area contributed by atoms with Gasteiger partial charge in [0.2, 0.25) is 0 Å². The van der Waals surface area contributed by atoms with Crippen LogP contribution in [0.4, 0.5) is 0 Å². The molecule has 0 heterocycles. The molecule has 3 atom stereocenters. The molecule has 6 heteroatoms. The smallest absolute Gasteiger partial charge is 0.177 e. The summed E-state index contributed by atoms with van der Waals surface area (Å²) in [5.74, 6) is 0.982. The van der Waals surface area contributed by atoms with E-state index in [0.29, 0.717) is 41.2 Å². The molecule has 0 radical (unpaired) electrons. The SMILES string of the molecule is CCC1C(=O)CC(Oc2ccc(C(C)(C)c3ccc(Oc4ccc(C(C)=O)c(C(C)=O)c4)cc3)cc2)C(=O)C1CC. The van der Waals surface area contributed by atoms with Crippen molar-refractivity contribution in [1.29, 1.82) is 0 Å². The van der Waals surface area contributed by atoms with Gasteiger partial charge >= 0.3 is 0 Å². The Labute approximate surface area is 242 Å². The molecule has 0 amide bonds. The van der Waals surface area contributed by atoms with Gasteiger partial charge in [-0.05, 0) is 80.3 Å². The van der Waals surface area contributed by atoms with Gasteiger partial charge in [0.1, 0.15) is 23.0 Å². The topological polar surface area (TPSA) is 86.7 Å². The predicted molar refractivity (Wildman–Crippen MR) is 158 cm³/mol. The molecule has 0 saturated heterocycles. The minimum atomic E-state index is -0.730. The Bertz CT molecular complexity index is 1450. The molecule has 0 aromatic heterocycles. The van der Waals surface area contributed by atoms with Crippen LogP contribution < -0.4 is 9.47 Å². The summed E-state index contributed by atoms with van der Waals surface area (Å²) in [5, 5.41) is 0. The average Bonchev–Trinajstić information content (AvgIpc) is 2.95. The van der Waals surface area contributed by atoms with Crippen molar-refractivity contribution in [2.75, 3.05) is 0 Å². The number of hydrogen-bond donors (Lipinski definition) is 0. The Morgan fingerprint density at radius 1 is 0.732 bits per heavy atom. The van der Waals surface area contributed by atoms with E-state index in [4.69, 9.17) is 9.47 Å². The molecule has 3 aromatic rings. The summed E-state index contributed by atoms with van der Waals surface area (Å²) in [6.07, 6.45) is 0.728. The fourth-order valence-corrected chi connectivity index (χ4v) is 5.74. The molecule has 1 saturated carbocycles. The quantitative estimate of drug-likeness (QED) is 0.241. The van der Waals surface area contributed by atoms with Gasteiger partial charge in [-0.3, -0.25) is 19.2 Å². The molecule has 214 valence electrons. The van der Waals surface area contributed by atoms with Crippen molar-refractivity contribution < 1.29 is 28.7 Å². The molecule has 3 aromatic carbocycles. The van der Waals surface area contributed by atoms with Gasteiger partial charge in [-0.1, -0.05) is 52.0 Å². The van der Waals surface area contributed by atoms with Gasteiger partial charge in [0.15, 0.2) is 23.5 Å². The summed E-state index contributed by atoms with van der Waals surface area (Å²) in [5.41, 5.74) is 2.52. The van der Waals surface area contributed by atoms with Crippen LogP contribution in [0.15, 0.2) is 66.7 Å². The summed E-state index contributed by atoms with van der Waals surface area (Å²) in [4.78, 5) is 49.5. The number of hydrogen-bond acceptors (Lipinski definition) is 6. The van der Waals surface area contributed by atoms with Crippen LogP contribution in [-0.4, -0.2) is 29.2 Å². The van der Waals surface area contributed by atoms with E-state index in [-0.39, 0.29) is 46.8 Å². The minimum absolute atomic E-state index is 0.0259. The fraction of sp³-hybridized carbons (Fsp3) is 0.371. The zero-order valence-electron chi connectivity index (χ0n) is 24.7. The molecule has 4 rings (SSSR count). The van der Waals surface area contributed by atoms with Gasteiger partial charge in [0, 0.05) is 28.4 Å². The molecule has 1 fully saturated rings. The second kappa shape index (κ2) is 12.2. The minimum Gasteiger partial charge on any atom is -0.482 e. The van der Waals surface area contributed by atoms with Crippen LogP contribution >= 0.6 is 0 Å². The third-order valence-corrected chi connectivity index (χ3v) is 8.26. The molecule has 0 N–H and O–H groups in total. The Morgan fingerprint density at radius 3 is 1.76 bits per heavy atom. The van der Waals surface area contributed by atoms with Crippen molar-refractivity contribution in [3.63, 3.8) is 0 Å². The van der Waals surface area contributed by atoms with Crippen LogP contribution in [0, 0.1) is 11.8 Å². The van der Waals surface area contributed by atoms with Gasteiger partial charge in [-0.2, -0.15) is 0 Å². The number of carbonyl (C=O) groups excluding carboxylic acids is 4. The number of ketones is 4. The van der Waals surface area contributed by atoms with Crippen molar-refractivity contribution in [2.24, 2.45) is 11.8 Å². The lowest BCUT2D eigenvalue weighted by Crippen LogP contribution is -2.46. The number of benzene rings is 3. The van der Waals surface area contributed by atoms with E-state index in [2.05, 4.69) is 13.8 Å². The first kappa shape index (κ1) is 29.9. The number of Topliss-reactive ketones (excluding diaryl/α,β-unsaturated/α-hetero) is 4. The second-order valence-corrected chi connectivity index (χ2v) is 11.3. The van der Waals surface area contributed by atoms with E-state index < -0.39 is 6.10 Å². The average molecular weight is 555 g/mol. The maximum atomic E-state index is 13.0. The number of ether oxygens (including phenoxy) is 2. The lowest BCUT2D eigenvalue weighted by Gasteiger charge is -2.33. The van der Waals surface area contributed by atoms with Crippen LogP contribution in [0.3, 0.4) is 0 Å². The van der Waals surface area contributed by atoms with Crippen molar-refractivity contribution in [1.82, 2.24) is 0 Å². The van der Waals surface area contributed by atoms with Gasteiger partial charge in [-0.15, -0.1) is 0 Å². The number of carbonyl (C=O) groups is 4. The highest BCUT2D eigenvalue weighted by Crippen LogP contribution is 2.36. The highest BCUT2D eigenvalue weighted by molar-refractivity contribution is 6.07. The predicted octanol–water partition coefficient (Wildman–Crippen LogP) is 7.55. The Morgan fingerprint density at radius 2 is 1.24 bits per heavy atom. The fourth-order valence-electron chi connectivity index (χ4n) is 5.74. The zero-order valence-corrected chi connectivity index (χ0v) is 24.7. The molecule has 1 aliphatic carbocycles. The molecule has 0 bridgehead atoms. The van der Waals surface area contributed by atoms with Crippen LogP contribution in [0.1, 0.15) is 92.6 Å². The molecular weight excluding hydrogens is 516 g/mol. The van der Waals surface area contributed by atoms with Gasteiger partial charge in [0.05, 0.1) is 6.42 Å². The maximum Gasteiger partial charge on any atom is 0.177 e. The molecule has 0 spiro atoms. The highest BCUT2D eigenvalue weighted by atomic mass is 16.5. The summed E-state index contributed by atoms with van der Waals surface area (Å²) in [7, 11) is 0. The van der Waals surface area contributed by atoms with Crippen molar-refractivity contribution >= 4 is 23.1 Å². The van der Waals surface area contributed by atoms with Gasteiger partial charge in [0.25, 0.3) is 0 Å². The molecule has 6 nitrogen and oxygen atoms in total. The third kappa shape index (κ3) is 6.32. The first-order valence-electron chi connectivity index (χ1n) is 14.2. The van der Waals surface area contributed by atoms with Crippen molar-refractivity contribution in [2.45, 2.75) is 72.3 Å². The molecular formula is C35H38O6. The second-order valence-electron chi connectivity index (χ2n) is 11.3. The maximum absolute atomic E-state index is 13.0. The Hall–Kier alpha value is -4.06. The van der Waals surface area contributed by atoms with E-state index in [0.717, 1.165) is 11.1 Å². The third-order valence-electron chi connectivity index (χ3n) is 8.26. The lowest BCUT2D eigenvalue weighted by atomic mass is 9.73. The standard InChI is InChI=1S/C35H38O6/c1-7-28-29(8-2)34(39)33(20-32(28)38)41-26-15-11-24(12-16-26)35(5,6)23-9-13-25(14-10-23)40-27-17-18-30(21(3)36)31(19-27)22(4)37/h9-19,28-29,33H,7-8,20H2,1-6H3. The summed E-state index contributed by atoms with van der Waals surface area (Å²) >= 11 is 0. The largest absolute Gasteiger partial charge is 0.482 e. The van der Waals surface area contributed by atoms with Crippen LogP contribution in [0.25, 0.3) is 0 Å². The van der Waals surface area contributed by atoms with Crippen molar-refractivity contribution in [3.05, 3.63) is 89.0 Å². The summed E-state index contributed by atoms with van der Waals surface area (Å²) in [6, 6.07) is 20.3. The van der Waals surface area contributed by atoms with E-state index in [1.807, 2.05) is 62.4 Å². The first-order valence-corrected chi connectivity index (χ1v) is 14.2. The highest BCUT2D eigenvalue weighted by Gasteiger charge is 2.42. The normalized spacial score (nSPS) is 19.1. The van der Waals surface area contributed by atoms with Crippen LogP contribution in [0.2, 0.25) is 0 Å². The van der Waals surface area contributed by atoms with E-state index in [9.17, 15) is 19.2 Å². The summed E-state index contributed by atoms with van der Waals surface area (Å²) in [6.45, 7) is 11.0. The monoisotopic (exact) mass is 554 g/mol. The van der Waals surface area contributed by atoms with E-state index >= 15 is 0 Å². The lowest BCUT2D eigenvalue weighted by molar-refractivity contribution is -0.145. The van der Waals surface area contributed by atoms with Crippen molar-refractivity contribution in [3.8, 4) is 17.2 Å². The molecule has 1 aliphatic rings. The van der Waals surface area contributed by atoms with E-state index in [1.165, 1.54) is 13.8 Å². The summed E-state index contributed by atoms with van der Waals surface area (Å²) < 4.78 is 12.0. The van der Waals surface area contributed by atoms with Crippen LogP contribution in [0.5, 0.6) is 17.2 Å². The molecule has 0 aliphatic heterocycles. The van der Waals surface area contributed by atoms with Crippen LogP contribution in [-0.2, 0) is 15.0 Å². The Kier molecular flexibility index (Phi) is 8.91. The Balaban J connectivity index is 1.46. The van der Waals surface area contributed by atoms with Gasteiger partial charge in [-0.25, -0.2) is 0 Å². The van der Waals surface area contributed by atoms with E-state index in [1.54, 1.807) is 18.2 Å². The van der Waals surface area contributed by atoms with Gasteiger partial charge < -0.3 is 9.47 Å². The first-order chi connectivity index (χ1) is 19.5. The number of rotatable bonds is 10. The zero-order chi connectivity index (χ0) is 29.9. The molecule has 3 unspecified atom stereocenters. The molecule has 41 heavy (non-hydrogen) atoms.